The molecule has 0 spiro atoms. The number of hydrogen-bond donors (Lipinski definition) is 1. The van der Waals surface area contributed by atoms with E-state index in [1.807, 2.05) is 12.1 Å². The highest BCUT2D eigenvalue weighted by molar-refractivity contribution is 7.99. The van der Waals surface area contributed by atoms with Crippen molar-refractivity contribution >= 4 is 23.4 Å². The van der Waals surface area contributed by atoms with Crippen molar-refractivity contribution in [2.24, 2.45) is 0 Å². The third kappa shape index (κ3) is 1.70. The third-order valence-corrected chi connectivity index (χ3v) is 3.30. The number of rotatable bonds is 0. The second-order valence-electron chi connectivity index (χ2n) is 3.10. The molecule has 13 heavy (non-hydrogen) atoms. The van der Waals surface area contributed by atoms with Crippen molar-refractivity contribution < 1.29 is 4.79 Å². The predicted molar refractivity (Wildman–Crippen MR) is 55.1 cm³/mol. The maximum Gasteiger partial charge on any atom is 0.225 e. The average molecular weight is 193 g/mol. The molecule has 2 nitrogen and oxygen atoms in total. The lowest BCUT2D eigenvalue weighted by Crippen LogP contribution is -2.10. The Hall–Kier alpha value is -0.960. The normalized spacial score (nSPS) is 15.9. The van der Waals surface area contributed by atoms with Crippen molar-refractivity contribution in [3.63, 3.8) is 0 Å². The van der Waals surface area contributed by atoms with Crippen LogP contribution in [0, 0.1) is 6.92 Å². The molecule has 1 aliphatic heterocycles. The van der Waals surface area contributed by atoms with Crippen LogP contribution < -0.4 is 5.32 Å². The van der Waals surface area contributed by atoms with Crippen LogP contribution in [0.25, 0.3) is 0 Å². The number of carbonyl (C=O) groups excluding carboxylic acids is 1. The van der Waals surface area contributed by atoms with Gasteiger partial charge in [-0.05, 0) is 18.6 Å². The Morgan fingerprint density at radius 2 is 2.31 bits per heavy atom. The number of aryl methyl sites for hydroxylation is 1. The highest BCUT2D eigenvalue weighted by Gasteiger charge is 2.13. The third-order valence-electron chi connectivity index (χ3n) is 2.06. The Bertz CT molecular complexity index is 349. The Morgan fingerprint density at radius 3 is 3.15 bits per heavy atom. The van der Waals surface area contributed by atoms with Gasteiger partial charge in [0.1, 0.15) is 0 Å². The molecular weight excluding hydrogens is 182 g/mol. The van der Waals surface area contributed by atoms with Gasteiger partial charge in [0.2, 0.25) is 5.91 Å². The standard InChI is InChI=1S/C10H11NOS/c1-7-3-2-4-8-10(7)13-6-5-9(12)11-8/h2-4H,5-6H2,1H3,(H,11,12). The van der Waals surface area contributed by atoms with Gasteiger partial charge in [-0.15, -0.1) is 11.8 Å². The molecule has 0 radical (unpaired) electrons. The molecule has 0 unspecified atom stereocenters. The summed E-state index contributed by atoms with van der Waals surface area (Å²) in [6.07, 6.45) is 0.610. The van der Waals surface area contributed by atoms with Gasteiger partial charge in [-0.3, -0.25) is 4.79 Å². The molecule has 0 fully saturated rings. The first-order chi connectivity index (χ1) is 6.27. The highest BCUT2D eigenvalue weighted by Crippen LogP contribution is 2.33. The highest BCUT2D eigenvalue weighted by atomic mass is 32.2. The van der Waals surface area contributed by atoms with E-state index in [1.165, 1.54) is 10.5 Å². The van der Waals surface area contributed by atoms with Gasteiger partial charge in [0.25, 0.3) is 0 Å². The molecule has 0 aromatic heterocycles. The van der Waals surface area contributed by atoms with Crippen LogP contribution in [-0.4, -0.2) is 11.7 Å². The summed E-state index contributed by atoms with van der Waals surface area (Å²) in [6.45, 7) is 2.07. The van der Waals surface area contributed by atoms with Gasteiger partial charge in [0.05, 0.1) is 5.69 Å². The minimum atomic E-state index is 0.122. The fraction of sp³-hybridized carbons (Fsp3) is 0.300. The number of benzene rings is 1. The summed E-state index contributed by atoms with van der Waals surface area (Å²) < 4.78 is 0. The van der Waals surface area contributed by atoms with Crippen LogP contribution in [-0.2, 0) is 4.79 Å². The maximum absolute atomic E-state index is 11.2. The molecule has 1 aliphatic rings. The van der Waals surface area contributed by atoms with Gasteiger partial charge in [-0.2, -0.15) is 0 Å². The minimum absolute atomic E-state index is 0.122. The van der Waals surface area contributed by atoms with E-state index in [9.17, 15) is 4.79 Å². The summed E-state index contributed by atoms with van der Waals surface area (Å²) in [7, 11) is 0. The second kappa shape index (κ2) is 3.42. The smallest absolute Gasteiger partial charge is 0.225 e. The first-order valence-electron chi connectivity index (χ1n) is 4.29. The number of nitrogens with one attached hydrogen (secondary N) is 1. The lowest BCUT2D eigenvalue weighted by molar-refractivity contribution is -0.115. The van der Waals surface area contributed by atoms with Crippen LogP contribution in [0.5, 0.6) is 0 Å². The Balaban J connectivity index is 2.45. The molecule has 1 amide bonds. The lowest BCUT2D eigenvalue weighted by atomic mass is 10.2. The molecule has 3 heteroatoms. The van der Waals surface area contributed by atoms with Crippen molar-refractivity contribution in [2.45, 2.75) is 18.2 Å². The van der Waals surface area contributed by atoms with Crippen molar-refractivity contribution in [1.82, 2.24) is 0 Å². The molecule has 0 saturated heterocycles. The summed E-state index contributed by atoms with van der Waals surface area (Å²) >= 11 is 1.76. The largest absolute Gasteiger partial charge is 0.325 e. The molecule has 1 N–H and O–H groups in total. The van der Waals surface area contributed by atoms with E-state index in [0.717, 1.165) is 11.4 Å². The number of thioether (sulfide) groups is 1. The van der Waals surface area contributed by atoms with Crippen molar-refractivity contribution in [3.8, 4) is 0 Å². The molecule has 68 valence electrons. The zero-order valence-electron chi connectivity index (χ0n) is 7.46. The van der Waals surface area contributed by atoms with Crippen LogP contribution in [0.4, 0.5) is 5.69 Å². The van der Waals surface area contributed by atoms with E-state index in [4.69, 9.17) is 0 Å². The Kier molecular flexibility index (Phi) is 2.27. The maximum atomic E-state index is 11.2. The molecule has 1 aromatic rings. The lowest BCUT2D eigenvalue weighted by Gasteiger charge is -2.07. The van der Waals surface area contributed by atoms with Crippen molar-refractivity contribution in [2.75, 3.05) is 11.1 Å². The molecule has 0 saturated carbocycles. The van der Waals surface area contributed by atoms with Gasteiger partial charge < -0.3 is 5.32 Å². The number of amides is 1. The summed E-state index contributed by atoms with van der Waals surface area (Å²) in [5, 5.41) is 2.90. The number of fused-ring (bicyclic) bond motifs is 1. The zero-order chi connectivity index (χ0) is 9.26. The van der Waals surface area contributed by atoms with Gasteiger partial charge in [-0.25, -0.2) is 0 Å². The first-order valence-corrected chi connectivity index (χ1v) is 5.28. The molecule has 2 rings (SSSR count). The SMILES string of the molecule is Cc1cccc2c1SCCC(=O)N2. The molecule has 1 heterocycles. The van der Waals surface area contributed by atoms with Crippen LogP contribution in [0.2, 0.25) is 0 Å². The van der Waals surface area contributed by atoms with E-state index in [2.05, 4.69) is 18.3 Å². The van der Waals surface area contributed by atoms with Gasteiger partial charge in [0, 0.05) is 17.1 Å². The number of carbonyl (C=O) groups is 1. The fourth-order valence-electron chi connectivity index (χ4n) is 1.40. The molecule has 0 aliphatic carbocycles. The van der Waals surface area contributed by atoms with Gasteiger partial charge in [-0.1, -0.05) is 12.1 Å². The Morgan fingerprint density at radius 1 is 1.46 bits per heavy atom. The monoisotopic (exact) mass is 193 g/mol. The van der Waals surface area contributed by atoms with E-state index in [1.54, 1.807) is 11.8 Å². The van der Waals surface area contributed by atoms with Crippen LogP contribution in [0.1, 0.15) is 12.0 Å². The van der Waals surface area contributed by atoms with E-state index < -0.39 is 0 Å². The van der Waals surface area contributed by atoms with E-state index in [-0.39, 0.29) is 5.91 Å². The first kappa shape index (κ1) is 8.63. The molecular formula is C10H11NOS. The zero-order valence-corrected chi connectivity index (χ0v) is 8.28. The molecule has 1 aromatic carbocycles. The number of anilines is 1. The number of hydrogen-bond acceptors (Lipinski definition) is 2. The summed E-state index contributed by atoms with van der Waals surface area (Å²) in [6, 6.07) is 6.00. The molecule has 0 bridgehead atoms. The van der Waals surface area contributed by atoms with Crippen LogP contribution in [0.15, 0.2) is 23.1 Å². The van der Waals surface area contributed by atoms with Gasteiger partial charge in [0.15, 0.2) is 0 Å². The van der Waals surface area contributed by atoms with E-state index in [0.29, 0.717) is 6.42 Å². The summed E-state index contributed by atoms with van der Waals surface area (Å²) in [4.78, 5) is 12.4. The molecule has 0 atom stereocenters. The summed E-state index contributed by atoms with van der Waals surface area (Å²) in [5.74, 6) is 1.00. The summed E-state index contributed by atoms with van der Waals surface area (Å²) in [5.41, 5.74) is 2.21. The quantitative estimate of drug-likeness (QED) is 0.685. The fourth-order valence-corrected chi connectivity index (χ4v) is 2.46. The van der Waals surface area contributed by atoms with Crippen molar-refractivity contribution in [1.29, 1.82) is 0 Å². The van der Waals surface area contributed by atoms with E-state index >= 15 is 0 Å². The van der Waals surface area contributed by atoms with Gasteiger partial charge >= 0.3 is 0 Å². The average Bonchev–Trinajstić information content (AvgIpc) is 2.27. The Labute approximate surface area is 81.7 Å². The predicted octanol–water partition coefficient (Wildman–Crippen LogP) is 2.43. The minimum Gasteiger partial charge on any atom is -0.325 e. The van der Waals surface area contributed by atoms with Crippen LogP contribution >= 0.6 is 11.8 Å². The second-order valence-corrected chi connectivity index (χ2v) is 4.20. The van der Waals surface area contributed by atoms with Crippen LogP contribution in [0.3, 0.4) is 0 Å². The van der Waals surface area contributed by atoms with Crippen molar-refractivity contribution in [3.05, 3.63) is 23.8 Å². The topological polar surface area (TPSA) is 29.1 Å².